The summed E-state index contributed by atoms with van der Waals surface area (Å²) >= 11 is 0. The Bertz CT molecular complexity index is 793. The van der Waals surface area contributed by atoms with Crippen LogP contribution in [-0.2, 0) is 15.7 Å². The Kier molecular flexibility index (Phi) is 6.34. The molecule has 0 radical (unpaired) electrons. The fourth-order valence-electron chi connectivity index (χ4n) is 4.77. The number of alkyl carbamates (subject to hydrolysis) is 1. The van der Waals surface area contributed by atoms with Crippen LogP contribution in [0, 0.1) is 24.7 Å². The lowest BCUT2D eigenvalue weighted by Gasteiger charge is -2.37. The molecule has 2 saturated carbocycles. The number of benzene rings is 1. The second-order valence-corrected chi connectivity index (χ2v) is 8.17. The molecule has 1 N–H and O–H groups in total. The van der Waals surface area contributed by atoms with E-state index in [4.69, 9.17) is 0 Å². The highest BCUT2D eigenvalue weighted by Gasteiger charge is 2.58. The third-order valence-electron chi connectivity index (χ3n) is 6.45. The van der Waals surface area contributed by atoms with Crippen molar-refractivity contribution in [3.05, 3.63) is 34.9 Å². The Balaban J connectivity index is 0.00000124. The van der Waals surface area contributed by atoms with E-state index in [1.165, 1.54) is 26.2 Å². The van der Waals surface area contributed by atoms with Crippen LogP contribution in [0.2, 0.25) is 0 Å². The van der Waals surface area contributed by atoms with Gasteiger partial charge in [0, 0.05) is 25.0 Å². The highest BCUT2D eigenvalue weighted by atomic mass is 19.4. The molecule has 8 heteroatoms. The van der Waals surface area contributed by atoms with Gasteiger partial charge in [-0.05, 0) is 54.7 Å². The predicted octanol–water partition coefficient (Wildman–Crippen LogP) is 4.35. The van der Waals surface area contributed by atoms with Gasteiger partial charge in [0.15, 0.2) is 0 Å². The summed E-state index contributed by atoms with van der Waals surface area (Å²) < 4.78 is 44.0. The van der Waals surface area contributed by atoms with Gasteiger partial charge < -0.3 is 15.0 Å². The van der Waals surface area contributed by atoms with Crippen LogP contribution >= 0.6 is 0 Å². The van der Waals surface area contributed by atoms with Crippen molar-refractivity contribution in [2.75, 3.05) is 20.2 Å². The maximum Gasteiger partial charge on any atom is 0.416 e. The summed E-state index contributed by atoms with van der Waals surface area (Å²) in [4.78, 5) is 25.6. The van der Waals surface area contributed by atoms with Crippen molar-refractivity contribution in [3.8, 4) is 0 Å². The number of alkyl halides is 3. The van der Waals surface area contributed by atoms with Crippen molar-refractivity contribution in [1.82, 2.24) is 10.2 Å². The van der Waals surface area contributed by atoms with Crippen LogP contribution in [-0.4, -0.2) is 43.1 Å². The molecule has 2 unspecified atom stereocenters. The first kappa shape index (κ1) is 22.4. The van der Waals surface area contributed by atoms with Crippen LogP contribution in [0.1, 0.15) is 49.3 Å². The number of carbonyl (C=O) groups excluding carboxylic acids is 2. The number of hydrogen-bond donors (Lipinski definition) is 1. The molecular formula is C22H29F3N2O3. The summed E-state index contributed by atoms with van der Waals surface area (Å²) in [6.07, 6.45) is -3.62. The lowest BCUT2D eigenvalue weighted by Crippen LogP contribution is -2.50. The van der Waals surface area contributed by atoms with Gasteiger partial charge in [-0.2, -0.15) is 13.2 Å². The van der Waals surface area contributed by atoms with E-state index in [0.717, 1.165) is 5.56 Å². The van der Waals surface area contributed by atoms with E-state index in [9.17, 15) is 22.8 Å². The minimum absolute atomic E-state index is 0.0281. The number of carbonyl (C=O) groups is 2. The van der Waals surface area contributed by atoms with Crippen molar-refractivity contribution in [3.63, 3.8) is 0 Å². The maximum atomic E-state index is 13.2. The molecule has 0 spiro atoms. The van der Waals surface area contributed by atoms with E-state index >= 15 is 0 Å². The molecule has 2 atom stereocenters. The van der Waals surface area contributed by atoms with Gasteiger partial charge in [-0.3, -0.25) is 4.79 Å². The minimum atomic E-state index is -4.34. The van der Waals surface area contributed by atoms with Gasteiger partial charge in [-0.15, -0.1) is 0 Å². The van der Waals surface area contributed by atoms with Gasteiger partial charge in [0.2, 0.25) is 5.91 Å². The largest absolute Gasteiger partial charge is 0.453 e. The van der Waals surface area contributed by atoms with Crippen molar-refractivity contribution in [2.45, 2.75) is 51.7 Å². The first-order chi connectivity index (χ1) is 14.2. The molecule has 2 aliphatic carbocycles. The number of likely N-dealkylation sites (tertiary alicyclic amines) is 1. The van der Waals surface area contributed by atoms with Crippen LogP contribution < -0.4 is 5.32 Å². The Hall–Kier alpha value is -2.25. The number of halogens is 3. The number of piperidine rings is 1. The van der Waals surface area contributed by atoms with Crippen molar-refractivity contribution < 1.29 is 27.5 Å². The first-order valence-electron chi connectivity index (χ1n) is 10.5. The molecule has 3 aliphatic rings. The standard InChI is InChI=1S/C20H23F3N2O3.C2H6/c1-10-3-4-11(7-16(10)20(21,22)23)17-14-8-25(9-15(14)17)18(26)12-5-13(6-12)24-19(27)28-2;1-2/h3-4,7,12-15,17H,5-6,8-9H2,1-2H3,(H,24,27);1-2H3. The molecule has 0 bridgehead atoms. The number of amides is 2. The van der Waals surface area contributed by atoms with E-state index in [-0.39, 0.29) is 41.2 Å². The molecule has 4 rings (SSSR count). The third-order valence-corrected chi connectivity index (χ3v) is 6.45. The number of hydrogen-bond acceptors (Lipinski definition) is 3. The summed E-state index contributed by atoms with van der Waals surface area (Å²) in [7, 11) is 1.30. The number of rotatable bonds is 3. The molecule has 1 heterocycles. The molecule has 3 fully saturated rings. The van der Waals surface area contributed by atoms with Gasteiger partial charge in [-0.1, -0.05) is 26.0 Å². The van der Waals surface area contributed by atoms with Gasteiger partial charge in [-0.25, -0.2) is 4.79 Å². The average Bonchev–Trinajstić information content (AvgIpc) is 3.17. The quantitative estimate of drug-likeness (QED) is 0.782. The zero-order valence-corrected chi connectivity index (χ0v) is 17.8. The maximum absolute atomic E-state index is 13.2. The van der Waals surface area contributed by atoms with Crippen LogP contribution in [0.4, 0.5) is 18.0 Å². The molecular weight excluding hydrogens is 397 g/mol. The SMILES string of the molecule is CC.COC(=O)NC1CC(C(=O)N2CC3C(C2)C3c2ccc(C)c(C(F)(F)F)c2)C1. The molecule has 1 aromatic carbocycles. The molecule has 2 amide bonds. The van der Waals surface area contributed by atoms with Gasteiger partial charge >= 0.3 is 12.3 Å². The Labute approximate surface area is 175 Å². The number of nitrogens with zero attached hydrogens (tertiary/aromatic N) is 1. The highest BCUT2D eigenvalue weighted by molar-refractivity contribution is 5.81. The number of fused-ring (bicyclic) bond motifs is 1. The summed E-state index contributed by atoms with van der Waals surface area (Å²) in [5, 5.41) is 2.69. The van der Waals surface area contributed by atoms with Gasteiger partial charge in [0.25, 0.3) is 0 Å². The number of methoxy groups -OCH3 is 1. The molecule has 166 valence electrons. The fraction of sp³-hybridized carbons (Fsp3) is 0.636. The van der Waals surface area contributed by atoms with Crippen molar-refractivity contribution in [2.24, 2.45) is 17.8 Å². The summed E-state index contributed by atoms with van der Waals surface area (Å²) in [6.45, 7) is 6.69. The summed E-state index contributed by atoms with van der Waals surface area (Å²) in [5.41, 5.74) is 0.395. The Morgan fingerprint density at radius 2 is 1.73 bits per heavy atom. The van der Waals surface area contributed by atoms with E-state index in [1.54, 1.807) is 6.07 Å². The van der Waals surface area contributed by atoms with Gasteiger partial charge in [0.05, 0.1) is 12.7 Å². The molecule has 5 nitrogen and oxygen atoms in total. The van der Waals surface area contributed by atoms with Crippen LogP contribution in [0.5, 0.6) is 0 Å². The lowest BCUT2D eigenvalue weighted by molar-refractivity contribution is -0.138. The van der Waals surface area contributed by atoms with E-state index in [0.29, 0.717) is 25.9 Å². The van der Waals surface area contributed by atoms with E-state index in [1.807, 2.05) is 18.7 Å². The summed E-state index contributed by atoms with van der Waals surface area (Å²) in [5.74, 6) is 0.609. The molecule has 1 saturated heterocycles. The number of nitrogens with one attached hydrogen (secondary N) is 1. The minimum Gasteiger partial charge on any atom is -0.453 e. The average molecular weight is 426 g/mol. The van der Waals surface area contributed by atoms with E-state index in [2.05, 4.69) is 10.1 Å². The van der Waals surface area contributed by atoms with Crippen molar-refractivity contribution >= 4 is 12.0 Å². The molecule has 30 heavy (non-hydrogen) atoms. The zero-order chi connectivity index (χ0) is 22.2. The van der Waals surface area contributed by atoms with Gasteiger partial charge in [0.1, 0.15) is 0 Å². The lowest BCUT2D eigenvalue weighted by atomic mass is 9.79. The van der Waals surface area contributed by atoms with Crippen LogP contribution in [0.25, 0.3) is 0 Å². The number of ether oxygens (including phenoxy) is 1. The topological polar surface area (TPSA) is 58.6 Å². The predicted molar refractivity (Wildman–Crippen MR) is 106 cm³/mol. The smallest absolute Gasteiger partial charge is 0.416 e. The Morgan fingerprint density at radius 3 is 2.27 bits per heavy atom. The zero-order valence-electron chi connectivity index (χ0n) is 17.8. The molecule has 1 aliphatic heterocycles. The fourth-order valence-corrected chi connectivity index (χ4v) is 4.77. The second-order valence-electron chi connectivity index (χ2n) is 8.17. The van der Waals surface area contributed by atoms with E-state index < -0.39 is 17.8 Å². The second kappa shape index (κ2) is 8.47. The molecule has 0 aromatic heterocycles. The number of aryl methyl sites for hydroxylation is 1. The molecule has 1 aromatic rings. The monoisotopic (exact) mass is 426 g/mol. The van der Waals surface area contributed by atoms with Crippen LogP contribution in [0.15, 0.2) is 18.2 Å². The summed E-state index contributed by atoms with van der Waals surface area (Å²) in [6, 6.07) is 4.58. The normalized spacial score (nSPS) is 29.2. The third kappa shape index (κ3) is 4.27. The van der Waals surface area contributed by atoms with Crippen molar-refractivity contribution in [1.29, 1.82) is 0 Å². The first-order valence-corrected chi connectivity index (χ1v) is 10.5. The van der Waals surface area contributed by atoms with Crippen LogP contribution in [0.3, 0.4) is 0 Å². The Morgan fingerprint density at radius 1 is 1.13 bits per heavy atom. The highest BCUT2D eigenvalue weighted by Crippen LogP contribution is 2.59.